The van der Waals surface area contributed by atoms with Crippen molar-refractivity contribution < 1.29 is 23.8 Å². The van der Waals surface area contributed by atoms with E-state index in [9.17, 15) is 9.59 Å². The minimum atomic E-state index is -0.846. The van der Waals surface area contributed by atoms with E-state index in [0.29, 0.717) is 5.75 Å². The van der Waals surface area contributed by atoms with Gasteiger partial charge in [0.05, 0.1) is 13.7 Å². The minimum absolute atomic E-state index is 0.0377. The van der Waals surface area contributed by atoms with Gasteiger partial charge in [-0.2, -0.15) is 5.10 Å². The van der Waals surface area contributed by atoms with Gasteiger partial charge in [-0.1, -0.05) is 12.1 Å². The van der Waals surface area contributed by atoms with Crippen LogP contribution < -0.4 is 4.74 Å². The summed E-state index contributed by atoms with van der Waals surface area (Å²) in [4.78, 5) is 30.8. The molecule has 0 N–H and O–H groups in total. The summed E-state index contributed by atoms with van der Waals surface area (Å²) < 4.78 is 17.4. The van der Waals surface area contributed by atoms with Crippen molar-refractivity contribution in [2.45, 2.75) is 59.3 Å². The fraction of sp³-hybridized carbons (Fsp3) is 0.455. The lowest BCUT2D eigenvalue weighted by atomic mass is 10.2. The highest BCUT2D eigenvalue weighted by Gasteiger charge is 2.29. The van der Waals surface area contributed by atoms with Crippen LogP contribution in [0.4, 0.5) is 9.59 Å². The monoisotopic (exact) mass is 430 g/mol. The molecule has 168 valence electrons. The van der Waals surface area contributed by atoms with E-state index >= 15 is 0 Å². The van der Waals surface area contributed by atoms with E-state index in [4.69, 9.17) is 14.2 Å². The molecule has 0 unspecified atom stereocenters. The molecule has 31 heavy (non-hydrogen) atoms. The van der Waals surface area contributed by atoms with Crippen LogP contribution >= 0.6 is 0 Å². The molecular weight excluding hydrogens is 400 g/mol. The third-order valence-corrected chi connectivity index (χ3v) is 3.65. The van der Waals surface area contributed by atoms with E-state index in [1.165, 1.54) is 15.8 Å². The van der Waals surface area contributed by atoms with Crippen LogP contribution in [-0.4, -0.2) is 51.1 Å². The molecule has 0 saturated carbocycles. The zero-order valence-corrected chi connectivity index (χ0v) is 19.1. The number of benzene rings is 1. The maximum absolute atomic E-state index is 13.1. The smallest absolute Gasteiger partial charge is 0.437 e. The molecule has 1 heterocycles. The van der Waals surface area contributed by atoms with E-state index in [1.54, 1.807) is 73.0 Å². The number of aliphatic imine (C=N–C) groups is 1. The van der Waals surface area contributed by atoms with Crippen molar-refractivity contribution in [3.05, 3.63) is 48.3 Å². The Labute approximate surface area is 182 Å². The van der Waals surface area contributed by atoms with Crippen molar-refractivity contribution in [2.75, 3.05) is 7.11 Å². The van der Waals surface area contributed by atoms with Crippen molar-refractivity contribution in [3.63, 3.8) is 0 Å². The van der Waals surface area contributed by atoms with Crippen LogP contribution in [-0.2, 0) is 16.0 Å². The van der Waals surface area contributed by atoms with E-state index in [1.807, 2.05) is 12.1 Å². The number of carbonyl (C=O) groups is 2. The number of hydrogen-bond donors (Lipinski definition) is 0. The fourth-order valence-corrected chi connectivity index (χ4v) is 2.44. The predicted molar refractivity (Wildman–Crippen MR) is 116 cm³/mol. The molecule has 2 amide bonds. The third-order valence-electron chi connectivity index (χ3n) is 3.65. The first kappa shape index (κ1) is 23.9. The molecule has 9 nitrogen and oxygen atoms in total. The third kappa shape index (κ3) is 7.76. The van der Waals surface area contributed by atoms with Crippen LogP contribution in [0.2, 0.25) is 0 Å². The molecule has 0 fully saturated rings. The second kappa shape index (κ2) is 9.63. The lowest BCUT2D eigenvalue weighted by molar-refractivity contribution is 0.0351. The number of amides is 2. The Bertz CT molecular complexity index is 907. The van der Waals surface area contributed by atoms with E-state index in [-0.39, 0.29) is 12.5 Å². The summed E-state index contributed by atoms with van der Waals surface area (Å²) in [6, 6.07) is 8.84. The van der Waals surface area contributed by atoms with E-state index in [0.717, 1.165) is 5.56 Å². The molecule has 0 aliphatic rings. The first-order chi connectivity index (χ1) is 14.4. The quantitative estimate of drug-likeness (QED) is 0.527. The predicted octanol–water partition coefficient (Wildman–Crippen LogP) is 4.47. The summed E-state index contributed by atoms with van der Waals surface area (Å²) in [6.45, 7) is 10.6. The van der Waals surface area contributed by atoms with Gasteiger partial charge in [-0.15, -0.1) is 4.99 Å². The van der Waals surface area contributed by atoms with Crippen LogP contribution in [0.3, 0.4) is 0 Å². The summed E-state index contributed by atoms with van der Waals surface area (Å²) in [5.74, 6) is 0.645. The molecule has 0 saturated heterocycles. The Morgan fingerprint density at radius 3 is 2.13 bits per heavy atom. The van der Waals surface area contributed by atoms with Gasteiger partial charge in [-0.25, -0.2) is 19.2 Å². The lowest BCUT2D eigenvalue weighted by Crippen LogP contribution is -2.44. The zero-order chi connectivity index (χ0) is 23.2. The molecule has 2 aromatic rings. The Kier molecular flexibility index (Phi) is 7.43. The normalized spacial score (nSPS) is 12.3. The van der Waals surface area contributed by atoms with E-state index in [2.05, 4.69) is 10.1 Å². The van der Waals surface area contributed by atoms with Gasteiger partial charge in [0.1, 0.15) is 17.0 Å². The number of aromatic nitrogens is 2. The highest BCUT2D eigenvalue weighted by molar-refractivity contribution is 5.99. The zero-order valence-electron chi connectivity index (χ0n) is 19.1. The van der Waals surface area contributed by atoms with Crippen molar-refractivity contribution >= 4 is 18.1 Å². The van der Waals surface area contributed by atoms with Gasteiger partial charge in [0.15, 0.2) is 0 Å². The Hall–Kier alpha value is -3.36. The van der Waals surface area contributed by atoms with Crippen LogP contribution in [0.25, 0.3) is 0 Å². The Morgan fingerprint density at radius 1 is 1.03 bits per heavy atom. The average Bonchev–Trinajstić information content (AvgIpc) is 3.16. The summed E-state index contributed by atoms with van der Waals surface area (Å²) in [7, 11) is 1.57. The SMILES string of the molecule is COc1ccc(CN(C(=O)OC(C)(C)C)/C(=N\C(=O)OC(C)(C)C)n2cccn2)cc1. The van der Waals surface area contributed by atoms with Crippen LogP contribution in [0.1, 0.15) is 47.1 Å². The largest absolute Gasteiger partial charge is 0.497 e. The second-order valence-electron chi connectivity index (χ2n) is 8.76. The first-order valence-electron chi connectivity index (χ1n) is 9.83. The maximum atomic E-state index is 13.1. The number of hydrogen-bond acceptors (Lipinski definition) is 6. The number of methoxy groups -OCH3 is 1. The van der Waals surface area contributed by atoms with Gasteiger partial charge in [0.25, 0.3) is 0 Å². The average molecular weight is 431 g/mol. The molecule has 0 aliphatic carbocycles. The highest BCUT2D eigenvalue weighted by Crippen LogP contribution is 2.17. The van der Waals surface area contributed by atoms with E-state index < -0.39 is 23.4 Å². The molecule has 0 aliphatic heterocycles. The molecule has 1 aromatic heterocycles. The van der Waals surface area contributed by atoms with Crippen molar-refractivity contribution in [3.8, 4) is 5.75 Å². The number of carbonyl (C=O) groups excluding carboxylic acids is 2. The van der Waals surface area contributed by atoms with Gasteiger partial charge in [0, 0.05) is 12.4 Å². The molecule has 2 rings (SSSR count). The number of rotatable bonds is 3. The minimum Gasteiger partial charge on any atom is -0.497 e. The van der Waals surface area contributed by atoms with Gasteiger partial charge < -0.3 is 14.2 Å². The van der Waals surface area contributed by atoms with Crippen LogP contribution in [0.15, 0.2) is 47.7 Å². The highest BCUT2D eigenvalue weighted by atomic mass is 16.6. The molecule has 0 atom stereocenters. The van der Waals surface area contributed by atoms with Crippen molar-refractivity contribution in [1.82, 2.24) is 14.7 Å². The summed E-state index contributed by atoms with van der Waals surface area (Å²) >= 11 is 0. The lowest BCUT2D eigenvalue weighted by Gasteiger charge is -2.28. The molecule has 0 radical (unpaired) electrons. The number of nitrogens with zero attached hydrogens (tertiary/aromatic N) is 4. The fourth-order valence-electron chi connectivity index (χ4n) is 2.44. The summed E-state index contributed by atoms with van der Waals surface area (Å²) in [5.41, 5.74) is -0.727. The molecular formula is C22H30N4O5. The number of ether oxygens (including phenoxy) is 3. The maximum Gasteiger partial charge on any atom is 0.437 e. The first-order valence-corrected chi connectivity index (χ1v) is 9.83. The molecule has 0 spiro atoms. The second-order valence-corrected chi connectivity index (χ2v) is 8.76. The van der Waals surface area contributed by atoms with Gasteiger partial charge in [-0.05, 0) is 65.3 Å². The summed E-state index contributed by atoms with van der Waals surface area (Å²) in [6.07, 6.45) is 1.57. The van der Waals surface area contributed by atoms with Crippen LogP contribution in [0.5, 0.6) is 5.75 Å². The summed E-state index contributed by atoms with van der Waals surface area (Å²) in [5, 5.41) is 4.14. The van der Waals surface area contributed by atoms with Crippen LogP contribution in [0, 0.1) is 0 Å². The standard InChI is InChI=1S/C22H30N4O5/c1-21(2,3)30-19(27)24-18(26-14-8-13-23-26)25(20(28)31-22(4,5)6)15-16-9-11-17(29-7)12-10-16/h8-14H,15H2,1-7H3/b24-18+. The molecule has 0 bridgehead atoms. The topological polar surface area (TPSA) is 95.2 Å². The van der Waals surface area contributed by atoms with Crippen molar-refractivity contribution in [1.29, 1.82) is 0 Å². The van der Waals surface area contributed by atoms with Gasteiger partial charge in [-0.3, -0.25) is 0 Å². The van der Waals surface area contributed by atoms with Crippen molar-refractivity contribution in [2.24, 2.45) is 4.99 Å². The van der Waals surface area contributed by atoms with Gasteiger partial charge >= 0.3 is 12.2 Å². The Balaban J connectivity index is 2.48. The Morgan fingerprint density at radius 2 is 1.65 bits per heavy atom. The molecule has 9 heteroatoms. The molecule has 1 aromatic carbocycles. The van der Waals surface area contributed by atoms with Gasteiger partial charge in [0.2, 0.25) is 5.96 Å².